The first-order valence-corrected chi connectivity index (χ1v) is 3.15. The van der Waals surface area contributed by atoms with Crippen molar-refractivity contribution in [1.29, 1.82) is 0 Å². The van der Waals surface area contributed by atoms with Crippen molar-refractivity contribution in [3.63, 3.8) is 0 Å². The number of thiol groups is 1. The highest BCUT2D eigenvalue weighted by Gasteiger charge is 1.92. The van der Waals surface area contributed by atoms with E-state index in [0.717, 1.165) is 0 Å². The molecule has 2 nitrogen and oxygen atoms in total. The van der Waals surface area contributed by atoms with Gasteiger partial charge in [0.1, 0.15) is 0 Å². The highest BCUT2D eigenvalue weighted by atomic mass is 32.1. The summed E-state index contributed by atoms with van der Waals surface area (Å²) in [5.74, 6) is -0.329. The Morgan fingerprint density at radius 3 is 2.67 bits per heavy atom. The number of esters is 1. The molecule has 0 bridgehead atoms. The van der Waals surface area contributed by atoms with Crippen LogP contribution in [0.15, 0.2) is 11.0 Å². The Hall–Kier alpha value is -0.440. The van der Waals surface area contributed by atoms with E-state index in [-0.39, 0.29) is 5.97 Å². The molecule has 0 aliphatic heterocycles. The van der Waals surface area contributed by atoms with Crippen molar-refractivity contribution < 1.29 is 9.53 Å². The predicted octanol–water partition coefficient (Wildman–Crippen LogP) is 1.38. The molecule has 0 aliphatic rings. The van der Waals surface area contributed by atoms with E-state index in [2.05, 4.69) is 17.4 Å². The molecule has 0 aromatic heterocycles. The Morgan fingerprint density at radius 2 is 2.33 bits per heavy atom. The standard InChI is InChI=1S/C6H10O2S/c1-3-8-6(7)4-5(2)9/h4,9H,3H2,1-2H3/b5-4-. The van der Waals surface area contributed by atoms with E-state index in [9.17, 15) is 4.79 Å². The third-order valence-electron chi connectivity index (χ3n) is 0.613. The van der Waals surface area contributed by atoms with Gasteiger partial charge in [-0.3, -0.25) is 0 Å². The van der Waals surface area contributed by atoms with E-state index >= 15 is 0 Å². The van der Waals surface area contributed by atoms with Gasteiger partial charge in [-0.15, -0.1) is 12.6 Å². The lowest BCUT2D eigenvalue weighted by molar-refractivity contribution is -0.137. The minimum atomic E-state index is -0.329. The molecule has 0 saturated carbocycles. The first-order chi connectivity index (χ1) is 4.16. The summed E-state index contributed by atoms with van der Waals surface area (Å²) in [6.45, 7) is 3.90. The van der Waals surface area contributed by atoms with Crippen LogP contribution in [0.2, 0.25) is 0 Å². The van der Waals surface area contributed by atoms with Gasteiger partial charge < -0.3 is 4.74 Å². The summed E-state index contributed by atoms with van der Waals surface area (Å²) in [7, 11) is 0. The highest BCUT2D eigenvalue weighted by molar-refractivity contribution is 7.84. The van der Waals surface area contributed by atoms with E-state index in [0.29, 0.717) is 11.5 Å². The first-order valence-electron chi connectivity index (χ1n) is 2.70. The smallest absolute Gasteiger partial charge is 0.331 e. The molecular formula is C6H10O2S. The number of ether oxygens (including phenoxy) is 1. The SMILES string of the molecule is CCOC(=O)/C=C(/C)S. The Kier molecular flexibility index (Phi) is 4.22. The number of allylic oxidation sites excluding steroid dienone is 1. The molecule has 0 aromatic rings. The quantitative estimate of drug-likeness (QED) is 0.362. The van der Waals surface area contributed by atoms with Crippen LogP contribution < -0.4 is 0 Å². The fourth-order valence-electron chi connectivity index (χ4n) is 0.354. The van der Waals surface area contributed by atoms with Gasteiger partial charge in [-0.2, -0.15) is 0 Å². The third kappa shape index (κ3) is 5.43. The van der Waals surface area contributed by atoms with Crippen LogP contribution in [0.25, 0.3) is 0 Å². The molecule has 0 aliphatic carbocycles. The van der Waals surface area contributed by atoms with Crippen molar-refractivity contribution in [3.8, 4) is 0 Å². The van der Waals surface area contributed by atoms with Gasteiger partial charge in [-0.25, -0.2) is 4.79 Å². The molecule has 3 heteroatoms. The monoisotopic (exact) mass is 146 g/mol. The molecule has 9 heavy (non-hydrogen) atoms. The molecular weight excluding hydrogens is 136 g/mol. The lowest BCUT2D eigenvalue weighted by atomic mass is 10.5. The number of rotatable bonds is 2. The summed E-state index contributed by atoms with van der Waals surface area (Å²) in [5.41, 5.74) is 0. The van der Waals surface area contributed by atoms with Crippen molar-refractivity contribution in [3.05, 3.63) is 11.0 Å². The number of hydrogen-bond donors (Lipinski definition) is 1. The second-order valence-electron chi connectivity index (χ2n) is 1.54. The lowest BCUT2D eigenvalue weighted by Crippen LogP contribution is -1.99. The van der Waals surface area contributed by atoms with Gasteiger partial charge >= 0.3 is 5.97 Å². The van der Waals surface area contributed by atoms with Gasteiger partial charge in [0.05, 0.1) is 6.61 Å². The molecule has 0 amide bonds. The number of carbonyl (C=O) groups is 1. The minimum Gasteiger partial charge on any atom is -0.463 e. The average Bonchev–Trinajstić information content (AvgIpc) is 1.63. The Labute approximate surface area is 60.3 Å². The molecule has 0 heterocycles. The van der Waals surface area contributed by atoms with Crippen LogP contribution in [-0.2, 0) is 9.53 Å². The molecule has 0 rings (SSSR count). The van der Waals surface area contributed by atoms with E-state index in [1.807, 2.05) is 0 Å². The Bertz CT molecular complexity index is 125. The van der Waals surface area contributed by atoms with Crippen LogP contribution in [0, 0.1) is 0 Å². The number of hydrogen-bond acceptors (Lipinski definition) is 3. The predicted molar refractivity (Wildman–Crippen MR) is 39.4 cm³/mol. The zero-order chi connectivity index (χ0) is 7.28. The summed E-state index contributed by atoms with van der Waals surface area (Å²) < 4.78 is 4.59. The van der Waals surface area contributed by atoms with Gasteiger partial charge in [0.2, 0.25) is 0 Å². The van der Waals surface area contributed by atoms with Gasteiger partial charge in [0.15, 0.2) is 0 Å². The van der Waals surface area contributed by atoms with Gasteiger partial charge in [-0.1, -0.05) is 0 Å². The number of carbonyl (C=O) groups excluding carboxylic acids is 1. The minimum absolute atomic E-state index is 0.329. The van der Waals surface area contributed by atoms with E-state index < -0.39 is 0 Å². The van der Waals surface area contributed by atoms with E-state index in [1.54, 1.807) is 13.8 Å². The molecule has 0 N–H and O–H groups in total. The topological polar surface area (TPSA) is 26.3 Å². The molecule has 0 fully saturated rings. The van der Waals surface area contributed by atoms with Crippen LogP contribution >= 0.6 is 12.6 Å². The second kappa shape index (κ2) is 4.44. The molecule has 0 saturated heterocycles. The maximum atomic E-state index is 10.5. The van der Waals surface area contributed by atoms with Crippen molar-refractivity contribution >= 4 is 18.6 Å². The van der Waals surface area contributed by atoms with Crippen LogP contribution in [0.3, 0.4) is 0 Å². The van der Waals surface area contributed by atoms with Gasteiger partial charge in [-0.05, 0) is 18.8 Å². The summed E-state index contributed by atoms with van der Waals surface area (Å²) in [6, 6.07) is 0. The lowest BCUT2D eigenvalue weighted by Gasteiger charge is -1.93. The van der Waals surface area contributed by atoms with Crippen LogP contribution in [0.4, 0.5) is 0 Å². The van der Waals surface area contributed by atoms with E-state index in [1.165, 1.54) is 6.08 Å². The summed E-state index contributed by atoms with van der Waals surface area (Å²) in [4.78, 5) is 11.2. The summed E-state index contributed by atoms with van der Waals surface area (Å²) >= 11 is 3.89. The Balaban J connectivity index is 3.63. The summed E-state index contributed by atoms with van der Waals surface area (Å²) in [5, 5.41) is 0. The average molecular weight is 146 g/mol. The van der Waals surface area contributed by atoms with Crippen molar-refractivity contribution in [1.82, 2.24) is 0 Å². The normalized spacial score (nSPS) is 11.2. The maximum Gasteiger partial charge on any atom is 0.331 e. The summed E-state index contributed by atoms with van der Waals surface area (Å²) in [6.07, 6.45) is 1.34. The van der Waals surface area contributed by atoms with Crippen molar-refractivity contribution in [2.75, 3.05) is 6.61 Å². The third-order valence-corrected chi connectivity index (χ3v) is 0.742. The Morgan fingerprint density at radius 1 is 1.78 bits per heavy atom. The zero-order valence-electron chi connectivity index (χ0n) is 5.55. The van der Waals surface area contributed by atoms with Crippen LogP contribution in [0.1, 0.15) is 13.8 Å². The molecule has 52 valence electrons. The van der Waals surface area contributed by atoms with Gasteiger partial charge in [0.25, 0.3) is 0 Å². The van der Waals surface area contributed by atoms with E-state index in [4.69, 9.17) is 0 Å². The molecule has 0 radical (unpaired) electrons. The molecule has 0 spiro atoms. The molecule has 0 aromatic carbocycles. The van der Waals surface area contributed by atoms with Gasteiger partial charge in [0, 0.05) is 6.08 Å². The fourth-order valence-corrected chi connectivity index (χ4v) is 0.460. The first kappa shape index (κ1) is 8.56. The molecule has 0 atom stereocenters. The second-order valence-corrected chi connectivity index (χ2v) is 2.24. The zero-order valence-corrected chi connectivity index (χ0v) is 6.44. The van der Waals surface area contributed by atoms with Crippen molar-refractivity contribution in [2.24, 2.45) is 0 Å². The maximum absolute atomic E-state index is 10.5. The molecule has 0 unspecified atom stereocenters. The van der Waals surface area contributed by atoms with Crippen molar-refractivity contribution in [2.45, 2.75) is 13.8 Å². The van der Waals surface area contributed by atoms with Crippen LogP contribution in [0.5, 0.6) is 0 Å². The fraction of sp³-hybridized carbons (Fsp3) is 0.500. The largest absolute Gasteiger partial charge is 0.463 e. The van der Waals surface area contributed by atoms with Crippen LogP contribution in [-0.4, -0.2) is 12.6 Å². The highest BCUT2D eigenvalue weighted by Crippen LogP contribution is 1.96.